The molecule has 1 aliphatic heterocycles. The van der Waals surface area contributed by atoms with Crippen LogP contribution in [0.1, 0.15) is 0 Å². The summed E-state index contributed by atoms with van der Waals surface area (Å²) in [6.45, 7) is 0.783. The van der Waals surface area contributed by atoms with Crippen LogP contribution < -0.4 is 10.1 Å². The molecule has 0 spiro atoms. The van der Waals surface area contributed by atoms with E-state index in [1.54, 1.807) is 12.1 Å². The van der Waals surface area contributed by atoms with Gasteiger partial charge in [0.05, 0.1) is 11.6 Å². The fraction of sp³-hybridized carbons (Fsp3) is 0.300. The second-order valence-corrected chi connectivity index (χ2v) is 3.56. The summed E-state index contributed by atoms with van der Waals surface area (Å²) < 4.78 is 10.3. The quantitative estimate of drug-likeness (QED) is 0.857. The molecule has 15 heavy (non-hydrogen) atoms. The Morgan fingerprint density at radius 1 is 1.53 bits per heavy atom. The molecular formula is C10H10ClNO3. The summed E-state index contributed by atoms with van der Waals surface area (Å²) in [5, 5.41) is 3.10. The van der Waals surface area contributed by atoms with Crippen LogP contribution in [0.15, 0.2) is 24.3 Å². The molecule has 0 aliphatic carbocycles. The topological polar surface area (TPSA) is 47.6 Å². The van der Waals surface area contributed by atoms with Gasteiger partial charge < -0.3 is 14.8 Å². The van der Waals surface area contributed by atoms with Gasteiger partial charge in [-0.2, -0.15) is 0 Å². The zero-order valence-corrected chi connectivity index (χ0v) is 8.66. The van der Waals surface area contributed by atoms with Crippen molar-refractivity contribution in [1.82, 2.24) is 5.32 Å². The number of ether oxygens (including phenoxy) is 2. The number of alkyl carbamates (subject to hydrolysis) is 1. The predicted octanol–water partition coefficient (Wildman–Crippen LogP) is 1.83. The number of benzene rings is 1. The third-order valence-electron chi connectivity index (χ3n) is 2.01. The number of nitrogens with one attached hydrogen (secondary N) is 1. The third kappa shape index (κ3) is 2.53. The molecule has 1 N–H and O–H groups in total. The number of halogens is 1. The summed E-state index contributed by atoms with van der Waals surface area (Å²) in [6, 6.07) is 7.18. The highest BCUT2D eigenvalue weighted by atomic mass is 35.5. The van der Waals surface area contributed by atoms with Gasteiger partial charge in [-0.25, -0.2) is 4.79 Å². The van der Waals surface area contributed by atoms with Crippen LogP contribution in [0.25, 0.3) is 0 Å². The molecule has 0 unspecified atom stereocenters. The monoisotopic (exact) mass is 227 g/mol. The maximum absolute atomic E-state index is 10.7. The van der Waals surface area contributed by atoms with Gasteiger partial charge in [-0.1, -0.05) is 23.7 Å². The number of rotatable bonds is 3. The molecule has 1 atom stereocenters. The van der Waals surface area contributed by atoms with Crippen molar-refractivity contribution < 1.29 is 14.3 Å². The molecule has 1 fully saturated rings. The average Bonchev–Trinajstić information content (AvgIpc) is 2.63. The summed E-state index contributed by atoms with van der Waals surface area (Å²) in [5.41, 5.74) is 0. The second-order valence-electron chi connectivity index (χ2n) is 3.15. The SMILES string of the molecule is O=C1NC[C@@H](COc2ccccc2Cl)O1. The standard InChI is InChI=1S/C10H10ClNO3/c11-8-3-1-2-4-9(8)14-6-7-5-12-10(13)15-7/h1-4,7H,5-6H2,(H,12,13)/t7-/m0/s1. The van der Waals surface area contributed by atoms with Gasteiger partial charge in [0.15, 0.2) is 6.10 Å². The summed E-state index contributed by atoms with van der Waals surface area (Å²) in [7, 11) is 0. The summed E-state index contributed by atoms with van der Waals surface area (Å²) in [6.07, 6.45) is -0.642. The van der Waals surface area contributed by atoms with Gasteiger partial charge in [-0.15, -0.1) is 0 Å². The highest BCUT2D eigenvalue weighted by Crippen LogP contribution is 2.23. The van der Waals surface area contributed by atoms with Crippen molar-refractivity contribution in [2.45, 2.75) is 6.10 Å². The lowest BCUT2D eigenvalue weighted by molar-refractivity contribution is 0.105. The number of para-hydroxylation sites is 1. The molecule has 1 aromatic carbocycles. The Labute approximate surface area is 92.1 Å². The number of cyclic esters (lactones) is 1. The van der Waals surface area contributed by atoms with Crippen molar-refractivity contribution in [3.63, 3.8) is 0 Å². The Balaban J connectivity index is 1.88. The van der Waals surface area contributed by atoms with E-state index < -0.39 is 6.09 Å². The molecule has 1 amide bonds. The minimum Gasteiger partial charge on any atom is -0.488 e. The largest absolute Gasteiger partial charge is 0.488 e. The van der Waals surface area contributed by atoms with E-state index in [4.69, 9.17) is 21.1 Å². The molecule has 0 aromatic heterocycles. The van der Waals surface area contributed by atoms with Crippen LogP contribution in [-0.2, 0) is 4.74 Å². The Morgan fingerprint density at radius 2 is 2.33 bits per heavy atom. The average molecular weight is 228 g/mol. The predicted molar refractivity (Wildman–Crippen MR) is 55.2 cm³/mol. The number of amides is 1. The number of carbonyl (C=O) groups is 1. The number of hydrogen-bond donors (Lipinski definition) is 1. The van der Waals surface area contributed by atoms with Gasteiger partial charge in [-0.3, -0.25) is 0 Å². The summed E-state index contributed by atoms with van der Waals surface area (Å²) in [4.78, 5) is 10.7. The van der Waals surface area contributed by atoms with E-state index in [-0.39, 0.29) is 6.10 Å². The van der Waals surface area contributed by atoms with Gasteiger partial charge in [-0.05, 0) is 12.1 Å². The Kier molecular flexibility index (Phi) is 2.97. The minimum absolute atomic E-state index is 0.242. The Bertz CT molecular complexity index is 369. The third-order valence-corrected chi connectivity index (χ3v) is 2.32. The van der Waals surface area contributed by atoms with Crippen molar-refractivity contribution in [3.05, 3.63) is 29.3 Å². The number of carbonyl (C=O) groups excluding carboxylic acids is 1. The molecule has 1 heterocycles. The maximum Gasteiger partial charge on any atom is 0.407 e. The molecule has 1 aliphatic rings. The van der Waals surface area contributed by atoms with Crippen LogP contribution in [0, 0.1) is 0 Å². The van der Waals surface area contributed by atoms with Crippen LogP contribution in [-0.4, -0.2) is 25.3 Å². The normalized spacial score (nSPS) is 19.5. The van der Waals surface area contributed by atoms with E-state index in [2.05, 4.69) is 5.32 Å². The van der Waals surface area contributed by atoms with Crippen LogP contribution in [0.3, 0.4) is 0 Å². The fourth-order valence-corrected chi connectivity index (χ4v) is 1.46. The molecule has 5 heteroatoms. The fourth-order valence-electron chi connectivity index (χ4n) is 1.27. The molecule has 80 valence electrons. The molecule has 2 rings (SSSR count). The van der Waals surface area contributed by atoms with Crippen LogP contribution in [0.5, 0.6) is 5.75 Å². The Morgan fingerprint density at radius 3 is 3.00 bits per heavy atom. The highest BCUT2D eigenvalue weighted by molar-refractivity contribution is 6.32. The minimum atomic E-state index is -0.400. The first-order chi connectivity index (χ1) is 7.25. The molecular weight excluding hydrogens is 218 g/mol. The molecule has 4 nitrogen and oxygen atoms in total. The highest BCUT2D eigenvalue weighted by Gasteiger charge is 2.23. The van der Waals surface area contributed by atoms with E-state index >= 15 is 0 Å². The summed E-state index contributed by atoms with van der Waals surface area (Å²) >= 11 is 5.89. The van der Waals surface area contributed by atoms with Crippen molar-refractivity contribution in [2.75, 3.05) is 13.2 Å². The van der Waals surface area contributed by atoms with Gasteiger partial charge in [0, 0.05) is 0 Å². The smallest absolute Gasteiger partial charge is 0.407 e. The lowest BCUT2D eigenvalue weighted by Gasteiger charge is -2.10. The lowest BCUT2D eigenvalue weighted by atomic mass is 10.3. The van der Waals surface area contributed by atoms with Crippen LogP contribution >= 0.6 is 11.6 Å². The van der Waals surface area contributed by atoms with Crippen molar-refractivity contribution in [3.8, 4) is 5.75 Å². The first-order valence-electron chi connectivity index (χ1n) is 4.57. The van der Waals surface area contributed by atoms with Crippen molar-refractivity contribution in [2.24, 2.45) is 0 Å². The first-order valence-corrected chi connectivity index (χ1v) is 4.95. The lowest BCUT2D eigenvalue weighted by Crippen LogP contribution is -2.22. The van der Waals surface area contributed by atoms with Gasteiger partial charge >= 0.3 is 6.09 Å². The van der Waals surface area contributed by atoms with Crippen LogP contribution in [0.4, 0.5) is 4.79 Å². The molecule has 1 aromatic rings. The van der Waals surface area contributed by atoms with Gasteiger partial charge in [0.25, 0.3) is 0 Å². The van der Waals surface area contributed by atoms with E-state index in [1.807, 2.05) is 12.1 Å². The first kappa shape index (κ1) is 10.1. The molecule has 1 saturated heterocycles. The van der Waals surface area contributed by atoms with Crippen molar-refractivity contribution >= 4 is 17.7 Å². The zero-order chi connectivity index (χ0) is 10.7. The van der Waals surface area contributed by atoms with Crippen LogP contribution in [0.2, 0.25) is 5.02 Å². The van der Waals surface area contributed by atoms with Gasteiger partial charge in [0.1, 0.15) is 12.4 Å². The zero-order valence-electron chi connectivity index (χ0n) is 7.90. The van der Waals surface area contributed by atoms with Crippen molar-refractivity contribution in [1.29, 1.82) is 0 Å². The van der Waals surface area contributed by atoms with E-state index in [1.165, 1.54) is 0 Å². The second kappa shape index (κ2) is 4.40. The molecule has 0 radical (unpaired) electrons. The summed E-state index contributed by atoms with van der Waals surface area (Å²) in [5.74, 6) is 0.599. The number of hydrogen-bond acceptors (Lipinski definition) is 3. The van der Waals surface area contributed by atoms with E-state index in [0.717, 1.165) is 0 Å². The Hall–Kier alpha value is -1.42. The van der Waals surface area contributed by atoms with E-state index in [9.17, 15) is 4.79 Å². The molecule has 0 bridgehead atoms. The van der Waals surface area contributed by atoms with E-state index in [0.29, 0.717) is 23.9 Å². The van der Waals surface area contributed by atoms with Gasteiger partial charge in [0.2, 0.25) is 0 Å². The molecule has 0 saturated carbocycles. The maximum atomic E-state index is 10.7.